The molecule has 0 radical (unpaired) electrons. The Balaban J connectivity index is 3.04. The number of nitrogens with zero attached hydrogens (tertiary/aromatic N) is 1. The topological polar surface area (TPSA) is 63.4 Å². The molecule has 0 aliphatic rings. The molecular weight excluding hydrogens is 236 g/mol. The molecule has 0 fully saturated rings. The van der Waals surface area contributed by atoms with Gasteiger partial charge in [-0.3, -0.25) is 0 Å². The maximum absolute atomic E-state index is 12.2. The second-order valence-electron chi connectivity index (χ2n) is 5.39. The average molecular weight is 256 g/mol. The van der Waals surface area contributed by atoms with E-state index in [9.17, 15) is 8.42 Å². The number of anilines is 1. The Morgan fingerprint density at radius 3 is 2.35 bits per heavy atom. The predicted octanol–water partition coefficient (Wildman–Crippen LogP) is 1.94. The van der Waals surface area contributed by atoms with Gasteiger partial charge in [0.05, 0.1) is 4.90 Å². The molecule has 96 valence electrons. The van der Waals surface area contributed by atoms with Gasteiger partial charge in [-0.2, -0.15) is 0 Å². The Kier molecular flexibility index (Phi) is 3.84. The molecule has 0 saturated carbocycles. The van der Waals surface area contributed by atoms with Crippen molar-refractivity contribution in [1.82, 2.24) is 4.31 Å². The van der Waals surface area contributed by atoms with Crippen LogP contribution in [0.3, 0.4) is 0 Å². The average Bonchev–Trinajstić information content (AvgIpc) is 2.15. The molecule has 1 aromatic carbocycles. The zero-order valence-electron chi connectivity index (χ0n) is 10.8. The van der Waals surface area contributed by atoms with Crippen molar-refractivity contribution in [3.8, 4) is 0 Å². The number of benzene rings is 1. The summed E-state index contributed by atoms with van der Waals surface area (Å²) in [5.74, 6) is 0. The molecule has 2 N–H and O–H groups in total. The molecule has 0 aliphatic carbocycles. The van der Waals surface area contributed by atoms with Gasteiger partial charge in [-0.1, -0.05) is 26.8 Å². The molecule has 0 spiro atoms. The second kappa shape index (κ2) is 4.66. The van der Waals surface area contributed by atoms with Gasteiger partial charge in [0.15, 0.2) is 0 Å². The summed E-state index contributed by atoms with van der Waals surface area (Å²) in [6, 6.07) is 6.36. The molecule has 0 atom stereocenters. The van der Waals surface area contributed by atoms with Crippen LogP contribution in [0.15, 0.2) is 29.2 Å². The van der Waals surface area contributed by atoms with Crippen LogP contribution in [-0.4, -0.2) is 26.3 Å². The van der Waals surface area contributed by atoms with Gasteiger partial charge in [0.2, 0.25) is 10.0 Å². The van der Waals surface area contributed by atoms with E-state index in [1.54, 1.807) is 25.2 Å². The van der Waals surface area contributed by atoms with Crippen LogP contribution in [0.25, 0.3) is 0 Å². The molecule has 0 heterocycles. The number of sulfonamides is 1. The molecule has 17 heavy (non-hydrogen) atoms. The van der Waals surface area contributed by atoms with Crippen LogP contribution >= 0.6 is 0 Å². The molecular formula is C12H20N2O2S. The Labute approximate surface area is 103 Å². The molecule has 1 aromatic rings. The highest BCUT2D eigenvalue weighted by Crippen LogP contribution is 2.21. The highest BCUT2D eigenvalue weighted by atomic mass is 32.2. The summed E-state index contributed by atoms with van der Waals surface area (Å²) in [4.78, 5) is 0.240. The van der Waals surface area contributed by atoms with Gasteiger partial charge < -0.3 is 5.73 Å². The Morgan fingerprint density at radius 2 is 1.88 bits per heavy atom. The molecule has 0 saturated heterocycles. The zero-order valence-corrected chi connectivity index (χ0v) is 11.6. The maximum atomic E-state index is 12.2. The van der Waals surface area contributed by atoms with Gasteiger partial charge in [0, 0.05) is 19.3 Å². The van der Waals surface area contributed by atoms with Crippen molar-refractivity contribution in [2.75, 3.05) is 19.3 Å². The number of hydrogen-bond acceptors (Lipinski definition) is 3. The standard InChI is InChI=1S/C12H20N2O2S/c1-12(2,3)9-14(4)17(15,16)11-7-5-6-10(13)8-11/h5-8H,9,13H2,1-4H3. The lowest BCUT2D eigenvalue weighted by molar-refractivity contribution is 0.311. The number of hydrogen-bond donors (Lipinski definition) is 1. The molecule has 0 aromatic heterocycles. The van der Waals surface area contributed by atoms with Gasteiger partial charge in [-0.25, -0.2) is 12.7 Å². The monoisotopic (exact) mass is 256 g/mol. The van der Waals surface area contributed by atoms with E-state index in [1.165, 1.54) is 10.4 Å². The largest absolute Gasteiger partial charge is 0.399 e. The van der Waals surface area contributed by atoms with E-state index in [0.29, 0.717) is 12.2 Å². The van der Waals surface area contributed by atoms with Crippen LogP contribution < -0.4 is 5.73 Å². The Hall–Kier alpha value is -1.07. The Morgan fingerprint density at radius 1 is 1.29 bits per heavy atom. The third kappa shape index (κ3) is 3.71. The number of nitrogen functional groups attached to an aromatic ring is 1. The fraction of sp³-hybridized carbons (Fsp3) is 0.500. The second-order valence-corrected chi connectivity index (χ2v) is 7.44. The van der Waals surface area contributed by atoms with Gasteiger partial charge in [0.1, 0.15) is 0 Å². The van der Waals surface area contributed by atoms with E-state index in [0.717, 1.165) is 0 Å². The summed E-state index contributed by atoms with van der Waals surface area (Å²) in [5.41, 5.74) is 5.97. The summed E-state index contributed by atoms with van der Waals surface area (Å²) in [6.45, 7) is 6.46. The van der Waals surface area contributed by atoms with E-state index < -0.39 is 10.0 Å². The molecule has 0 amide bonds. The van der Waals surface area contributed by atoms with Gasteiger partial charge in [-0.05, 0) is 23.6 Å². The van der Waals surface area contributed by atoms with Crippen LogP contribution in [0, 0.1) is 5.41 Å². The first-order valence-electron chi connectivity index (χ1n) is 5.45. The first kappa shape index (κ1) is 14.0. The van der Waals surface area contributed by atoms with Crippen LogP contribution in [0.2, 0.25) is 0 Å². The fourth-order valence-electron chi connectivity index (χ4n) is 1.61. The quantitative estimate of drug-likeness (QED) is 0.841. The highest BCUT2D eigenvalue weighted by Gasteiger charge is 2.25. The van der Waals surface area contributed by atoms with E-state index in [1.807, 2.05) is 20.8 Å². The molecule has 0 aliphatic heterocycles. The van der Waals surface area contributed by atoms with Gasteiger partial charge in [-0.15, -0.1) is 0 Å². The zero-order chi connectivity index (χ0) is 13.3. The van der Waals surface area contributed by atoms with Crippen molar-refractivity contribution in [1.29, 1.82) is 0 Å². The lowest BCUT2D eigenvalue weighted by atomic mass is 9.97. The van der Waals surface area contributed by atoms with Crippen molar-refractivity contribution < 1.29 is 8.42 Å². The summed E-state index contributed by atoms with van der Waals surface area (Å²) in [6.07, 6.45) is 0. The summed E-state index contributed by atoms with van der Waals surface area (Å²) in [7, 11) is -1.85. The first-order valence-corrected chi connectivity index (χ1v) is 6.89. The third-order valence-electron chi connectivity index (χ3n) is 2.26. The lowest BCUT2D eigenvalue weighted by Gasteiger charge is -2.26. The van der Waals surface area contributed by atoms with Crippen molar-refractivity contribution in [3.05, 3.63) is 24.3 Å². The molecule has 0 bridgehead atoms. The van der Waals surface area contributed by atoms with Crippen molar-refractivity contribution in [2.45, 2.75) is 25.7 Å². The SMILES string of the molecule is CN(CC(C)(C)C)S(=O)(=O)c1cccc(N)c1. The third-order valence-corrected chi connectivity index (χ3v) is 4.06. The van der Waals surface area contributed by atoms with Crippen LogP contribution in [0.5, 0.6) is 0 Å². The van der Waals surface area contributed by atoms with Crippen LogP contribution in [0.1, 0.15) is 20.8 Å². The minimum atomic E-state index is -3.44. The van der Waals surface area contributed by atoms with Gasteiger partial charge in [0.25, 0.3) is 0 Å². The normalized spacial score (nSPS) is 13.0. The van der Waals surface area contributed by atoms with E-state index >= 15 is 0 Å². The molecule has 5 heteroatoms. The number of rotatable bonds is 3. The Bertz CT molecular complexity index is 489. The summed E-state index contributed by atoms with van der Waals surface area (Å²) < 4.78 is 25.8. The summed E-state index contributed by atoms with van der Waals surface area (Å²) in [5, 5.41) is 0. The molecule has 1 rings (SSSR count). The highest BCUT2D eigenvalue weighted by molar-refractivity contribution is 7.89. The number of nitrogens with two attached hydrogens (primary N) is 1. The molecule has 0 unspecified atom stereocenters. The van der Waals surface area contributed by atoms with Crippen molar-refractivity contribution in [2.24, 2.45) is 5.41 Å². The maximum Gasteiger partial charge on any atom is 0.242 e. The van der Waals surface area contributed by atoms with Crippen molar-refractivity contribution >= 4 is 15.7 Å². The smallest absolute Gasteiger partial charge is 0.242 e. The predicted molar refractivity (Wildman–Crippen MR) is 70.1 cm³/mol. The van der Waals surface area contributed by atoms with Gasteiger partial charge >= 0.3 is 0 Å². The minimum Gasteiger partial charge on any atom is -0.399 e. The molecule has 4 nitrogen and oxygen atoms in total. The van der Waals surface area contributed by atoms with Crippen LogP contribution in [0.4, 0.5) is 5.69 Å². The first-order chi connectivity index (χ1) is 7.63. The summed E-state index contributed by atoms with van der Waals surface area (Å²) >= 11 is 0. The fourth-order valence-corrected chi connectivity index (χ4v) is 3.06. The lowest BCUT2D eigenvalue weighted by Crippen LogP contribution is -2.34. The van der Waals surface area contributed by atoms with E-state index in [-0.39, 0.29) is 10.3 Å². The van der Waals surface area contributed by atoms with Crippen LogP contribution in [-0.2, 0) is 10.0 Å². The van der Waals surface area contributed by atoms with Crippen molar-refractivity contribution in [3.63, 3.8) is 0 Å². The van der Waals surface area contributed by atoms with E-state index in [2.05, 4.69) is 0 Å². The minimum absolute atomic E-state index is 0.0812. The van der Waals surface area contributed by atoms with E-state index in [4.69, 9.17) is 5.73 Å².